The number of ether oxygens (including phenoxy) is 1. The maximum absolute atomic E-state index is 12.0. The summed E-state index contributed by atoms with van der Waals surface area (Å²) in [6.45, 7) is 8.59. The first-order chi connectivity index (χ1) is 13.9. The van der Waals surface area contributed by atoms with Gasteiger partial charge in [0.2, 0.25) is 0 Å². The summed E-state index contributed by atoms with van der Waals surface area (Å²) in [6.07, 6.45) is 1.60. The maximum atomic E-state index is 12.0. The van der Waals surface area contributed by atoms with Crippen LogP contribution in [0.2, 0.25) is 0 Å². The van der Waals surface area contributed by atoms with Gasteiger partial charge < -0.3 is 9.30 Å². The molecule has 1 aliphatic rings. The SMILES string of the molecule is Cc1ccc(-n2c(C)cc(/C=N/NC(=O)CN3CCOCC3)c2C)cc1[N+](=O)[O-]. The number of aromatic nitrogens is 1. The molecule has 2 heterocycles. The Morgan fingerprint density at radius 1 is 1.28 bits per heavy atom. The number of nitro benzene ring substituents is 1. The lowest BCUT2D eigenvalue weighted by Gasteiger charge is -2.25. The third-order valence-electron chi connectivity index (χ3n) is 4.98. The Kier molecular flexibility index (Phi) is 6.40. The fourth-order valence-electron chi connectivity index (χ4n) is 3.42. The van der Waals surface area contributed by atoms with Gasteiger partial charge in [0.05, 0.1) is 36.6 Å². The van der Waals surface area contributed by atoms with Gasteiger partial charge in [-0.25, -0.2) is 5.43 Å². The zero-order valence-electron chi connectivity index (χ0n) is 16.8. The van der Waals surface area contributed by atoms with Crippen molar-refractivity contribution in [1.82, 2.24) is 14.9 Å². The first-order valence-electron chi connectivity index (χ1n) is 9.43. The molecule has 1 aliphatic heterocycles. The second-order valence-electron chi connectivity index (χ2n) is 7.07. The Hall–Kier alpha value is -3.04. The van der Waals surface area contributed by atoms with Crippen LogP contribution in [0.5, 0.6) is 0 Å². The Morgan fingerprint density at radius 2 is 2.00 bits per heavy atom. The van der Waals surface area contributed by atoms with E-state index in [9.17, 15) is 14.9 Å². The van der Waals surface area contributed by atoms with Crippen molar-refractivity contribution in [2.75, 3.05) is 32.8 Å². The third-order valence-corrected chi connectivity index (χ3v) is 4.98. The number of aryl methyl sites for hydroxylation is 2. The van der Waals surface area contributed by atoms with E-state index in [1.807, 2.05) is 35.4 Å². The molecule has 1 aromatic carbocycles. The number of rotatable bonds is 6. The lowest BCUT2D eigenvalue weighted by Crippen LogP contribution is -2.42. The lowest BCUT2D eigenvalue weighted by molar-refractivity contribution is -0.385. The van der Waals surface area contributed by atoms with Gasteiger partial charge in [0.25, 0.3) is 11.6 Å². The molecule has 1 fully saturated rings. The zero-order chi connectivity index (χ0) is 21.0. The minimum absolute atomic E-state index is 0.0839. The van der Waals surface area contributed by atoms with Crippen molar-refractivity contribution in [2.45, 2.75) is 20.8 Å². The summed E-state index contributed by atoms with van der Waals surface area (Å²) in [6, 6.07) is 7.10. The van der Waals surface area contributed by atoms with Crippen LogP contribution in [0.15, 0.2) is 29.4 Å². The summed E-state index contributed by atoms with van der Waals surface area (Å²) in [7, 11) is 0. The molecule has 29 heavy (non-hydrogen) atoms. The van der Waals surface area contributed by atoms with Gasteiger partial charge in [-0.2, -0.15) is 5.10 Å². The molecule has 0 spiro atoms. The van der Waals surface area contributed by atoms with Gasteiger partial charge in [-0.3, -0.25) is 19.8 Å². The molecule has 0 atom stereocenters. The molecule has 9 heteroatoms. The predicted molar refractivity (Wildman–Crippen MR) is 110 cm³/mol. The molecule has 1 amide bonds. The molecule has 0 unspecified atom stereocenters. The number of carbonyl (C=O) groups excluding carboxylic acids is 1. The highest BCUT2D eigenvalue weighted by atomic mass is 16.6. The molecular formula is C20H25N5O4. The molecule has 0 radical (unpaired) electrons. The molecule has 0 aliphatic carbocycles. The van der Waals surface area contributed by atoms with Gasteiger partial charge in [0.15, 0.2) is 0 Å². The van der Waals surface area contributed by atoms with Crippen LogP contribution in [-0.4, -0.2) is 59.4 Å². The van der Waals surface area contributed by atoms with Crippen LogP contribution >= 0.6 is 0 Å². The van der Waals surface area contributed by atoms with Crippen molar-refractivity contribution in [2.24, 2.45) is 5.10 Å². The zero-order valence-corrected chi connectivity index (χ0v) is 16.8. The van der Waals surface area contributed by atoms with Crippen LogP contribution in [0.1, 0.15) is 22.5 Å². The first-order valence-corrected chi connectivity index (χ1v) is 9.43. The average Bonchev–Trinajstić information content (AvgIpc) is 2.96. The fraction of sp³-hybridized carbons (Fsp3) is 0.400. The highest BCUT2D eigenvalue weighted by molar-refractivity contribution is 5.84. The highest BCUT2D eigenvalue weighted by Gasteiger charge is 2.16. The van der Waals surface area contributed by atoms with Gasteiger partial charge in [0.1, 0.15) is 0 Å². The average molecular weight is 399 g/mol. The van der Waals surface area contributed by atoms with Crippen molar-refractivity contribution in [3.63, 3.8) is 0 Å². The van der Waals surface area contributed by atoms with Crippen LogP contribution in [0.4, 0.5) is 5.69 Å². The molecule has 154 valence electrons. The molecule has 0 bridgehead atoms. The molecule has 3 rings (SSSR count). The summed E-state index contributed by atoms with van der Waals surface area (Å²) < 4.78 is 7.20. The van der Waals surface area contributed by atoms with Crippen LogP contribution in [0, 0.1) is 30.9 Å². The van der Waals surface area contributed by atoms with Gasteiger partial charge in [-0.05, 0) is 32.9 Å². The molecule has 1 N–H and O–H groups in total. The molecule has 2 aromatic rings. The Balaban J connectivity index is 1.72. The second-order valence-corrected chi connectivity index (χ2v) is 7.07. The number of nitrogens with zero attached hydrogens (tertiary/aromatic N) is 4. The number of carbonyl (C=O) groups is 1. The summed E-state index contributed by atoms with van der Waals surface area (Å²) in [5.41, 5.74) is 6.60. The van der Waals surface area contributed by atoms with E-state index in [0.29, 0.717) is 24.5 Å². The van der Waals surface area contributed by atoms with Crippen LogP contribution < -0.4 is 5.43 Å². The maximum Gasteiger partial charge on any atom is 0.274 e. The van der Waals surface area contributed by atoms with E-state index in [-0.39, 0.29) is 23.1 Å². The topological polar surface area (TPSA) is 102 Å². The largest absolute Gasteiger partial charge is 0.379 e. The van der Waals surface area contributed by atoms with Crippen molar-refractivity contribution >= 4 is 17.8 Å². The smallest absolute Gasteiger partial charge is 0.274 e. The number of hydrazone groups is 1. The highest BCUT2D eigenvalue weighted by Crippen LogP contribution is 2.25. The van der Waals surface area contributed by atoms with E-state index in [0.717, 1.165) is 30.0 Å². The number of hydrogen-bond acceptors (Lipinski definition) is 6. The Labute approximate surface area is 169 Å². The van der Waals surface area contributed by atoms with Gasteiger partial charge in [-0.1, -0.05) is 6.07 Å². The van der Waals surface area contributed by atoms with Crippen LogP contribution in [0.25, 0.3) is 5.69 Å². The number of amides is 1. The number of nitro groups is 1. The number of morpholine rings is 1. The predicted octanol–water partition coefficient (Wildman–Crippen LogP) is 2.09. The van der Waals surface area contributed by atoms with Crippen LogP contribution in [-0.2, 0) is 9.53 Å². The molecule has 1 aromatic heterocycles. The summed E-state index contributed by atoms with van der Waals surface area (Å²) in [5, 5.41) is 15.3. The standard InChI is InChI=1S/C20H25N5O4/c1-14-4-5-18(11-19(14)25(27)28)24-15(2)10-17(16(24)3)12-21-22-20(26)13-23-6-8-29-9-7-23/h4-5,10-12H,6-9,13H2,1-3H3,(H,22,26)/b21-12+. The molecule has 1 saturated heterocycles. The number of hydrogen-bond donors (Lipinski definition) is 1. The van der Waals surface area contributed by atoms with E-state index in [2.05, 4.69) is 10.5 Å². The van der Waals surface area contributed by atoms with E-state index in [4.69, 9.17) is 4.74 Å². The summed E-state index contributed by atoms with van der Waals surface area (Å²) >= 11 is 0. The minimum atomic E-state index is -0.376. The quantitative estimate of drug-likeness (QED) is 0.455. The van der Waals surface area contributed by atoms with E-state index in [1.165, 1.54) is 0 Å². The van der Waals surface area contributed by atoms with E-state index >= 15 is 0 Å². The van der Waals surface area contributed by atoms with Crippen molar-refractivity contribution in [1.29, 1.82) is 0 Å². The minimum Gasteiger partial charge on any atom is -0.379 e. The van der Waals surface area contributed by atoms with Crippen molar-refractivity contribution < 1.29 is 14.5 Å². The molecule has 9 nitrogen and oxygen atoms in total. The monoisotopic (exact) mass is 399 g/mol. The first kappa shape index (κ1) is 20.7. The summed E-state index contributed by atoms with van der Waals surface area (Å²) in [5.74, 6) is -0.175. The Bertz CT molecular complexity index is 945. The molecular weight excluding hydrogens is 374 g/mol. The molecule has 0 saturated carbocycles. The second kappa shape index (κ2) is 8.97. The fourth-order valence-corrected chi connectivity index (χ4v) is 3.42. The van der Waals surface area contributed by atoms with E-state index < -0.39 is 0 Å². The van der Waals surface area contributed by atoms with Crippen LogP contribution in [0.3, 0.4) is 0 Å². The third kappa shape index (κ3) is 4.87. The summed E-state index contributed by atoms with van der Waals surface area (Å²) in [4.78, 5) is 24.9. The van der Waals surface area contributed by atoms with Crippen molar-refractivity contribution in [3.8, 4) is 5.69 Å². The normalized spacial score (nSPS) is 15.0. The number of nitrogens with one attached hydrogen (secondary N) is 1. The van der Waals surface area contributed by atoms with Gasteiger partial charge >= 0.3 is 0 Å². The van der Waals surface area contributed by atoms with Gasteiger partial charge in [0, 0.05) is 41.7 Å². The number of benzene rings is 1. The Morgan fingerprint density at radius 3 is 2.69 bits per heavy atom. The van der Waals surface area contributed by atoms with Crippen molar-refractivity contribution in [3.05, 3.63) is 56.9 Å². The van der Waals surface area contributed by atoms with E-state index in [1.54, 1.807) is 25.3 Å². The lowest BCUT2D eigenvalue weighted by atomic mass is 10.2. The van der Waals surface area contributed by atoms with Gasteiger partial charge in [-0.15, -0.1) is 0 Å².